The average Bonchev–Trinajstić information content (AvgIpc) is 2.85. The van der Waals surface area contributed by atoms with E-state index in [1.807, 2.05) is 0 Å². The summed E-state index contributed by atoms with van der Waals surface area (Å²) in [4.78, 5) is 8.63. The molecule has 2 rings (SSSR count). The summed E-state index contributed by atoms with van der Waals surface area (Å²) in [5, 5.41) is 4.11. The predicted molar refractivity (Wildman–Crippen MR) is 86.1 cm³/mol. The minimum Gasteiger partial charge on any atom is -0.383 e. The van der Waals surface area contributed by atoms with Crippen LogP contribution in [0.1, 0.15) is 63.6 Å². The number of nitrogens with zero attached hydrogens (tertiary/aromatic N) is 4. The molecule has 21 heavy (non-hydrogen) atoms. The molecular weight excluding hydrogens is 264 g/mol. The highest BCUT2D eigenvalue weighted by atomic mass is 15.4. The highest BCUT2D eigenvalue weighted by molar-refractivity contribution is 5.51. The van der Waals surface area contributed by atoms with E-state index in [1.165, 1.54) is 32.1 Å². The van der Waals surface area contributed by atoms with Gasteiger partial charge in [0.1, 0.15) is 5.82 Å². The first-order valence-corrected chi connectivity index (χ1v) is 7.96. The Morgan fingerprint density at radius 3 is 2.38 bits per heavy atom. The third kappa shape index (κ3) is 3.62. The zero-order valence-electron chi connectivity index (χ0n) is 13.1. The molecule has 0 aliphatic rings. The van der Waals surface area contributed by atoms with Crippen molar-refractivity contribution < 1.29 is 0 Å². The highest BCUT2D eigenvalue weighted by Crippen LogP contribution is 2.21. The second-order valence-electron chi connectivity index (χ2n) is 5.48. The van der Waals surface area contributed by atoms with Gasteiger partial charge in [0.15, 0.2) is 0 Å². The fraction of sp³-hybridized carbons (Fsp3) is 0.667. The van der Waals surface area contributed by atoms with Gasteiger partial charge in [0, 0.05) is 5.56 Å². The van der Waals surface area contributed by atoms with Gasteiger partial charge in [0.05, 0.1) is 5.69 Å². The van der Waals surface area contributed by atoms with E-state index in [0.29, 0.717) is 11.6 Å². The molecule has 0 aromatic carbocycles. The van der Waals surface area contributed by atoms with E-state index < -0.39 is 0 Å². The summed E-state index contributed by atoms with van der Waals surface area (Å²) in [6.07, 6.45) is 9.39. The largest absolute Gasteiger partial charge is 0.383 e. The molecule has 0 aliphatic heterocycles. The molecule has 0 unspecified atom stereocenters. The number of nitrogens with two attached hydrogens (primary N) is 2. The lowest BCUT2D eigenvalue weighted by Gasteiger charge is -2.11. The molecule has 0 fully saturated rings. The Balaban J connectivity index is 2.08. The molecule has 2 aromatic heterocycles. The second-order valence-corrected chi connectivity index (χ2v) is 5.48. The molecular formula is C15H26N6. The van der Waals surface area contributed by atoms with Crippen molar-refractivity contribution in [1.82, 2.24) is 19.6 Å². The normalized spacial score (nSPS) is 11.3. The van der Waals surface area contributed by atoms with Gasteiger partial charge >= 0.3 is 0 Å². The van der Waals surface area contributed by atoms with E-state index in [9.17, 15) is 0 Å². The molecule has 6 nitrogen and oxygen atoms in total. The first-order chi connectivity index (χ1) is 10.2. The van der Waals surface area contributed by atoms with E-state index in [1.54, 1.807) is 4.52 Å². The number of nitrogen functional groups attached to an aromatic ring is 2. The number of rotatable bonds is 8. The van der Waals surface area contributed by atoms with Crippen molar-refractivity contribution in [2.45, 2.75) is 65.2 Å². The third-order valence-corrected chi connectivity index (χ3v) is 3.84. The van der Waals surface area contributed by atoms with Gasteiger partial charge in [0.2, 0.25) is 5.95 Å². The van der Waals surface area contributed by atoms with Crippen molar-refractivity contribution in [1.29, 1.82) is 0 Å². The summed E-state index contributed by atoms with van der Waals surface area (Å²) in [5.74, 6) is 1.34. The summed E-state index contributed by atoms with van der Waals surface area (Å²) < 4.78 is 1.56. The van der Waals surface area contributed by atoms with Crippen LogP contribution < -0.4 is 11.5 Å². The van der Waals surface area contributed by atoms with Gasteiger partial charge in [-0.15, -0.1) is 5.10 Å². The van der Waals surface area contributed by atoms with Crippen LogP contribution in [0.4, 0.5) is 11.8 Å². The van der Waals surface area contributed by atoms with E-state index in [-0.39, 0.29) is 5.95 Å². The van der Waals surface area contributed by atoms with Crippen LogP contribution in [0, 0.1) is 0 Å². The number of aromatic nitrogens is 4. The smallest absolute Gasteiger partial charge is 0.256 e. The zero-order chi connectivity index (χ0) is 15.2. The summed E-state index contributed by atoms with van der Waals surface area (Å²) in [7, 11) is 0. The SMILES string of the molecule is CCCCCCCCc1c(CC)nc2nc(N)nn2c1N. The van der Waals surface area contributed by atoms with Gasteiger partial charge in [-0.1, -0.05) is 46.0 Å². The van der Waals surface area contributed by atoms with E-state index in [2.05, 4.69) is 28.9 Å². The number of hydrogen-bond donors (Lipinski definition) is 2. The van der Waals surface area contributed by atoms with Crippen LogP contribution in [0.5, 0.6) is 0 Å². The Kier molecular flexibility index (Phi) is 5.36. The molecule has 0 saturated heterocycles. The number of aryl methyl sites for hydroxylation is 1. The molecule has 4 N–H and O–H groups in total. The number of fused-ring (bicyclic) bond motifs is 1. The van der Waals surface area contributed by atoms with Gasteiger partial charge in [-0.2, -0.15) is 9.50 Å². The molecule has 0 aliphatic carbocycles. The molecule has 0 atom stereocenters. The van der Waals surface area contributed by atoms with Crippen molar-refractivity contribution in [3.05, 3.63) is 11.3 Å². The predicted octanol–water partition coefficient (Wildman–Crippen LogP) is 2.75. The van der Waals surface area contributed by atoms with Gasteiger partial charge in [-0.3, -0.25) is 0 Å². The van der Waals surface area contributed by atoms with Crippen molar-refractivity contribution >= 4 is 17.5 Å². The average molecular weight is 290 g/mol. The Morgan fingerprint density at radius 2 is 1.67 bits per heavy atom. The Bertz CT molecular complexity index is 589. The van der Waals surface area contributed by atoms with Crippen molar-refractivity contribution in [2.24, 2.45) is 0 Å². The van der Waals surface area contributed by atoms with Crippen molar-refractivity contribution in [2.75, 3.05) is 11.5 Å². The van der Waals surface area contributed by atoms with Crippen LogP contribution in [0.3, 0.4) is 0 Å². The summed E-state index contributed by atoms with van der Waals surface area (Å²) in [6, 6.07) is 0. The third-order valence-electron chi connectivity index (χ3n) is 3.84. The Hall–Kier alpha value is -1.85. The monoisotopic (exact) mass is 290 g/mol. The fourth-order valence-corrected chi connectivity index (χ4v) is 2.66. The second kappa shape index (κ2) is 7.24. The Morgan fingerprint density at radius 1 is 0.952 bits per heavy atom. The van der Waals surface area contributed by atoms with Gasteiger partial charge < -0.3 is 11.5 Å². The van der Waals surface area contributed by atoms with Crippen LogP contribution in [-0.4, -0.2) is 19.6 Å². The number of anilines is 2. The molecule has 2 heterocycles. The molecule has 0 saturated carbocycles. The lowest BCUT2D eigenvalue weighted by atomic mass is 10.0. The maximum Gasteiger partial charge on any atom is 0.256 e. The lowest BCUT2D eigenvalue weighted by molar-refractivity contribution is 0.605. The highest BCUT2D eigenvalue weighted by Gasteiger charge is 2.14. The minimum atomic E-state index is 0.216. The quantitative estimate of drug-likeness (QED) is 0.729. The molecule has 0 radical (unpaired) electrons. The first-order valence-electron chi connectivity index (χ1n) is 7.96. The fourth-order valence-electron chi connectivity index (χ4n) is 2.66. The first kappa shape index (κ1) is 15.5. The van der Waals surface area contributed by atoms with E-state index >= 15 is 0 Å². The number of hydrogen-bond acceptors (Lipinski definition) is 5. The summed E-state index contributed by atoms with van der Waals surface area (Å²) in [6.45, 7) is 4.32. The molecule has 6 heteroatoms. The van der Waals surface area contributed by atoms with Crippen LogP contribution in [0.25, 0.3) is 5.78 Å². The van der Waals surface area contributed by atoms with Crippen LogP contribution in [0.15, 0.2) is 0 Å². The molecule has 116 valence electrons. The van der Waals surface area contributed by atoms with E-state index in [0.717, 1.165) is 30.5 Å². The van der Waals surface area contributed by atoms with Gasteiger partial charge in [-0.25, -0.2) is 4.98 Å². The Labute approximate surface area is 126 Å². The molecule has 0 spiro atoms. The van der Waals surface area contributed by atoms with Crippen molar-refractivity contribution in [3.63, 3.8) is 0 Å². The summed E-state index contributed by atoms with van der Waals surface area (Å²) >= 11 is 0. The van der Waals surface area contributed by atoms with Crippen LogP contribution in [-0.2, 0) is 12.8 Å². The van der Waals surface area contributed by atoms with Crippen LogP contribution >= 0.6 is 0 Å². The molecule has 0 bridgehead atoms. The number of unbranched alkanes of at least 4 members (excludes halogenated alkanes) is 5. The molecule has 0 amide bonds. The maximum atomic E-state index is 6.24. The van der Waals surface area contributed by atoms with Gasteiger partial charge in [-0.05, 0) is 19.3 Å². The summed E-state index contributed by atoms with van der Waals surface area (Å²) in [5.41, 5.74) is 14.0. The topological polar surface area (TPSA) is 95.1 Å². The minimum absolute atomic E-state index is 0.216. The molecule has 2 aromatic rings. The standard InChI is InChI=1S/C15H26N6/c1-3-5-6-7-8-9-10-11-12(4-2)18-15-19-14(17)20-21(15)13(11)16/h3-10,16H2,1-2H3,(H2,17,20). The van der Waals surface area contributed by atoms with Crippen LogP contribution in [0.2, 0.25) is 0 Å². The maximum absolute atomic E-state index is 6.24. The van der Waals surface area contributed by atoms with Crippen molar-refractivity contribution in [3.8, 4) is 0 Å². The zero-order valence-corrected chi connectivity index (χ0v) is 13.1. The lowest BCUT2D eigenvalue weighted by Crippen LogP contribution is -2.10. The van der Waals surface area contributed by atoms with E-state index in [4.69, 9.17) is 11.5 Å². The van der Waals surface area contributed by atoms with Gasteiger partial charge in [0.25, 0.3) is 5.78 Å².